The van der Waals surface area contributed by atoms with Gasteiger partial charge in [0.05, 0.1) is 6.10 Å². The van der Waals surface area contributed by atoms with Crippen LogP contribution in [0.4, 0.5) is 0 Å². The molecule has 1 aromatic heterocycles. The summed E-state index contributed by atoms with van der Waals surface area (Å²) < 4.78 is 5.73. The van der Waals surface area contributed by atoms with E-state index in [0.717, 1.165) is 17.3 Å². The number of carbonyl (C=O) groups is 2. The maximum absolute atomic E-state index is 12.4. The maximum atomic E-state index is 12.4. The van der Waals surface area contributed by atoms with E-state index in [2.05, 4.69) is 10.3 Å². The van der Waals surface area contributed by atoms with Gasteiger partial charge in [-0.1, -0.05) is 6.07 Å². The van der Waals surface area contributed by atoms with Crippen LogP contribution < -0.4 is 5.32 Å². The summed E-state index contributed by atoms with van der Waals surface area (Å²) in [6, 6.07) is 7.48. The van der Waals surface area contributed by atoms with Crippen LogP contribution in [0.2, 0.25) is 0 Å². The van der Waals surface area contributed by atoms with Gasteiger partial charge in [-0.15, -0.1) is 0 Å². The number of fused-ring (bicyclic) bond motifs is 1. The molecule has 6 nitrogen and oxygen atoms in total. The Labute approximate surface area is 134 Å². The summed E-state index contributed by atoms with van der Waals surface area (Å²) >= 11 is 0. The van der Waals surface area contributed by atoms with Gasteiger partial charge >= 0.3 is 0 Å². The van der Waals surface area contributed by atoms with Gasteiger partial charge in [0, 0.05) is 43.3 Å². The first-order chi connectivity index (χ1) is 11.1. The minimum atomic E-state index is -0.389. The van der Waals surface area contributed by atoms with E-state index in [-0.39, 0.29) is 24.0 Å². The van der Waals surface area contributed by atoms with Crippen molar-refractivity contribution in [1.29, 1.82) is 0 Å². The zero-order chi connectivity index (χ0) is 16.4. The number of aromatic nitrogens is 1. The number of rotatable bonds is 4. The molecule has 0 unspecified atom stereocenters. The first-order valence-electron chi connectivity index (χ1n) is 7.77. The summed E-state index contributed by atoms with van der Waals surface area (Å²) in [7, 11) is 3.44. The predicted molar refractivity (Wildman–Crippen MR) is 87.2 cm³/mol. The largest absolute Gasteiger partial charge is 0.363 e. The second-order valence-corrected chi connectivity index (χ2v) is 6.01. The minimum Gasteiger partial charge on any atom is -0.363 e. The quantitative estimate of drug-likeness (QED) is 0.898. The Morgan fingerprint density at radius 1 is 1.30 bits per heavy atom. The lowest BCUT2D eigenvalue weighted by molar-refractivity contribution is -0.140. The molecule has 1 aliphatic heterocycles. The van der Waals surface area contributed by atoms with Crippen LogP contribution in [-0.4, -0.2) is 54.5 Å². The average molecular weight is 315 g/mol. The van der Waals surface area contributed by atoms with E-state index in [1.165, 1.54) is 4.90 Å². The number of nitrogens with zero attached hydrogens (tertiary/aromatic N) is 1. The van der Waals surface area contributed by atoms with Crippen molar-refractivity contribution in [3.05, 3.63) is 36.0 Å². The summed E-state index contributed by atoms with van der Waals surface area (Å²) in [4.78, 5) is 28.9. The van der Waals surface area contributed by atoms with Gasteiger partial charge in [0.25, 0.3) is 11.8 Å². The van der Waals surface area contributed by atoms with Gasteiger partial charge in [-0.2, -0.15) is 0 Å². The first kappa shape index (κ1) is 15.6. The number of nitrogens with one attached hydrogen (secondary N) is 2. The van der Waals surface area contributed by atoms with Gasteiger partial charge < -0.3 is 19.9 Å². The van der Waals surface area contributed by atoms with E-state index in [4.69, 9.17) is 4.74 Å². The molecule has 1 aliphatic rings. The van der Waals surface area contributed by atoms with Crippen LogP contribution in [0.15, 0.2) is 30.5 Å². The maximum Gasteiger partial charge on any atom is 0.252 e. The first-order valence-corrected chi connectivity index (χ1v) is 7.77. The predicted octanol–water partition coefficient (Wildman–Crippen LogP) is 1.53. The summed E-state index contributed by atoms with van der Waals surface area (Å²) in [5, 5.41) is 3.81. The van der Waals surface area contributed by atoms with E-state index in [1.54, 1.807) is 20.2 Å². The van der Waals surface area contributed by atoms with Crippen LogP contribution in [0, 0.1) is 0 Å². The molecule has 2 N–H and O–H groups in total. The van der Waals surface area contributed by atoms with Gasteiger partial charge in [-0.05, 0) is 31.0 Å². The van der Waals surface area contributed by atoms with Crippen LogP contribution in [0.3, 0.4) is 0 Å². The molecular formula is C17H21N3O3. The fraction of sp³-hybridized carbons (Fsp3) is 0.412. The van der Waals surface area contributed by atoms with Gasteiger partial charge in [-0.3, -0.25) is 9.59 Å². The Morgan fingerprint density at radius 3 is 2.91 bits per heavy atom. The monoisotopic (exact) mass is 315 g/mol. The molecule has 2 heterocycles. The normalized spacial score (nSPS) is 20.6. The van der Waals surface area contributed by atoms with Crippen LogP contribution in [0.5, 0.6) is 0 Å². The summed E-state index contributed by atoms with van der Waals surface area (Å²) in [6.45, 7) is 0.414. The van der Waals surface area contributed by atoms with Crippen molar-refractivity contribution in [3.63, 3.8) is 0 Å². The zero-order valence-corrected chi connectivity index (χ0v) is 13.3. The number of aromatic amines is 1. The van der Waals surface area contributed by atoms with Crippen molar-refractivity contribution in [2.45, 2.75) is 25.0 Å². The van der Waals surface area contributed by atoms with Gasteiger partial charge in [0.15, 0.2) is 0 Å². The number of carbonyl (C=O) groups excluding carboxylic acids is 2. The Kier molecular flexibility index (Phi) is 4.34. The molecule has 2 atom stereocenters. The van der Waals surface area contributed by atoms with Crippen LogP contribution >= 0.6 is 0 Å². The molecule has 2 amide bonds. The topological polar surface area (TPSA) is 74.4 Å². The zero-order valence-electron chi connectivity index (χ0n) is 13.3. The Bertz CT molecular complexity index is 723. The Balaban J connectivity index is 1.58. The molecule has 0 saturated carbocycles. The third-order valence-corrected chi connectivity index (χ3v) is 4.15. The molecule has 122 valence electrons. The van der Waals surface area contributed by atoms with E-state index >= 15 is 0 Å². The van der Waals surface area contributed by atoms with Crippen molar-refractivity contribution in [2.75, 3.05) is 20.6 Å². The van der Waals surface area contributed by atoms with Crippen molar-refractivity contribution in [3.8, 4) is 0 Å². The van der Waals surface area contributed by atoms with Crippen LogP contribution in [0.25, 0.3) is 10.9 Å². The highest BCUT2D eigenvalue weighted by Crippen LogP contribution is 2.21. The van der Waals surface area contributed by atoms with Crippen LogP contribution in [-0.2, 0) is 9.53 Å². The summed E-state index contributed by atoms with van der Waals surface area (Å²) in [5.41, 5.74) is 1.58. The van der Waals surface area contributed by atoms with E-state index in [9.17, 15) is 9.59 Å². The molecular weight excluding hydrogens is 294 g/mol. The molecule has 6 heteroatoms. The molecule has 0 bridgehead atoms. The highest BCUT2D eigenvalue weighted by Gasteiger charge is 2.31. The molecule has 1 fully saturated rings. The standard InChI is InChI=1S/C17H21N3O3/c1-20(2)17(22)15-7-6-11(23-15)10-19-16(21)13-4-3-5-14-12(13)8-9-18-14/h3-5,8-9,11,15,18H,6-7,10H2,1-2H3,(H,19,21)/t11-,15-/m1/s1. The molecule has 1 saturated heterocycles. The van der Waals surface area contributed by atoms with E-state index < -0.39 is 0 Å². The lowest BCUT2D eigenvalue weighted by Crippen LogP contribution is -2.36. The molecule has 0 spiro atoms. The van der Waals surface area contributed by atoms with E-state index in [0.29, 0.717) is 18.5 Å². The number of benzene rings is 1. The van der Waals surface area contributed by atoms with Crippen molar-refractivity contribution < 1.29 is 14.3 Å². The van der Waals surface area contributed by atoms with Gasteiger partial charge in [0.2, 0.25) is 0 Å². The second kappa shape index (κ2) is 6.42. The smallest absolute Gasteiger partial charge is 0.252 e. The molecule has 0 aliphatic carbocycles. The fourth-order valence-corrected chi connectivity index (χ4v) is 2.91. The third-order valence-electron chi connectivity index (χ3n) is 4.15. The fourth-order valence-electron chi connectivity index (χ4n) is 2.91. The lowest BCUT2D eigenvalue weighted by atomic mass is 10.1. The number of H-pyrrole nitrogens is 1. The molecule has 3 rings (SSSR count). The number of ether oxygens (including phenoxy) is 1. The molecule has 0 radical (unpaired) electrons. The average Bonchev–Trinajstić information content (AvgIpc) is 3.20. The highest BCUT2D eigenvalue weighted by molar-refractivity contribution is 6.06. The minimum absolute atomic E-state index is 0.0177. The number of amides is 2. The molecule has 1 aromatic carbocycles. The van der Waals surface area contributed by atoms with Crippen molar-refractivity contribution >= 4 is 22.7 Å². The number of hydrogen-bond acceptors (Lipinski definition) is 3. The Morgan fingerprint density at radius 2 is 2.13 bits per heavy atom. The van der Waals surface area contributed by atoms with Crippen molar-refractivity contribution in [1.82, 2.24) is 15.2 Å². The summed E-state index contributed by atoms with van der Waals surface area (Å²) in [5.74, 6) is -0.142. The van der Waals surface area contributed by atoms with Crippen LogP contribution in [0.1, 0.15) is 23.2 Å². The van der Waals surface area contributed by atoms with Crippen molar-refractivity contribution in [2.24, 2.45) is 0 Å². The second-order valence-electron chi connectivity index (χ2n) is 6.01. The molecule has 2 aromatic rings. The number of likely N-dealkylation sites (N-methyl/N-ethyl adjacent to an activating group) is 1. The van der Waals surface area contributed by atoms with E-state index in [1.807, 2.05) is 24.4 Å². The highest BCUT2D eigenvalue weighted by atomic mass is 16.5. The summed E-state index contributed by atoms with van der Waals surface area (Å²) in [6.07, 6.45) is 2.79. The Hall–Kier alpha value is -2.34. The lowest BCUT2D eigenvalue weighted by Gasteiger charge is -2.17. The third kappa shape index (κ3) is 3.22. The van der Waals surface area contributed by atoms with Gasteiger partial charge in [-0.25, -0.2) is 0 Å². The number of hydrogen-bond donors (Lipinski definition) is 2. The SMILES string of the molecule is CN(C)C(=O)[C@H]1CC[C@H](CNC(=O)c2cccc3[nH]ccc23)O1. The van der Waals surface area contributed by atoms with Gasteiger partial charge in [0.1, 0.15) is 6.10 Å². The molecule has 23 heavy (non-hydrogen) atoms.